The Balaban J connectivity index is 1.57. The molecule has 37 heavy (non-hydrogen) atoms. The van der Waals surface area contributed by atoms with Crippen molar-refractivity contribution in [1.82, 2.24) is 0 Å². The zero-order valence-electron chi connectivity index (χ0n) is 20.4. The summed E-state index contributed by atoms with van der Waals surface area (Å²) in [6, 6.07) is 19.1. The first-order valence-electron chi connectivity index (χ1n) is 12.2. The molecule has 7 nitrogen and oxygen atoms in total. The average Bonchev–Trinajstić information content (AvgIpc) is 3.41. The van der Waals surface area contributed by atoms with Crippen molar-refractivity contribution < 1.29 is 23.9 Å². The summed E-state index contributed by atoms with van der Waals surface area (Å²) in [5, 5.41) is 2.24. The van der Waals surface area contributed by atoms with Crippen LogP contribution in [0.4, 0.5) is 11.4 Å². The highest BCUT2D eigenvalue weighted by atomic mass is 35.5. The van der Waals surface area contributed by atoms with Crippen molar-refractivity contribution in [3.8, 4) is 11.5 Å². The number of para-hydroxylation sites is 1. The van der Waals surface area contributed by atoms with Gasteiger partial charge in [0.25, 0.3) is 5.91 Å². The second kappa shape index (κ2) is 10.6. The lowest BCUT2D eigenvalue weighted by Gasteiger charge is -2.29. The molecule has 0 unspecified atom stereocenters. The molecule has 0 spiro atoms. The van der Waals surface area contributed by atoms with Crippen molar-refractivity contribution in [3.05, 3.63) is 82.3 Å². The van der Waals surface area contributed by atoms with Gasteiger partial charge in [0.1, 0.15) is 5.92 Å². The summed E-state index contributed by atoms with van der Waals surface area (Å²) in [4.78, 5) is 34.7. The Labute approximate surface area is 225 Å². The van der Waals surface area contributed by atoms with Gasteiger partial charge in [0.15, 0.2) is 17.6 Å². The van der Waals surface area contributed by atoms with Crippen molar-refractivity contribution in [3.63, 3.8) is 0 Å². The van der Waals surface area contributed by atoms with Crippen molar-refractivity contribution >= 4 is 46.4 Å². The normalized spacial score (nSPS) is 20.9. The molecule has 2 heterocycles. The molecule has 3 aromatic rings. The lowest BCUT2D eigenvalue weighted by Crippen LogP contribution is -2.37. The molecule has 0 N–H and O–H groups in total. The van der Waals surface area contributed by atoms with Crippen molar-refractivity contribution in [2.24, 2.45) is 5.92 Å². The first-order valence-corrected chi connectivity index (χ1v) is 12.9. The van der Waals surface area contributed by atoms with Gasteiger partial charge in [0.2, 0.25) is 5.91 Å². The van der Waals surface area contributed by atoms with Crippen LogP contribution >= 0.6 is 23.2 Å². The molecule has 0 bridgehead atoms. The fraction of sp³-hybridized carbons (Fsp3) is 0.286. The predicted octanol–water partition coefficient (Wildman–Crippen LogP) is 6.23. The number of halogens is 2. The van der Waals surface area contributed by atoms with Crippen molar-refractivity contribution in [1.29, 1.82) is 0 Å². The maximum atomic E-state index is 13.8. The quantitative estimate of drug-likeness (QED) is 0.315. The number of benzene rings is 3. The van der Waals surface area contributed by atoms with Gasteiger partial charge in [-0.15, -0.1) is 0 Å². The molecule has 0 aliphatic carbocycles. The third-order valence-corrected chi connectivity index (χ3v) is 7.10. The van der Waals surface area contributed by atoms with Crippen molar-refractivity contribution in [2.75, 3.05) is 23.2 Å². The second-order valence-electron chi connectivity index (χ2n) is 8.76. The van der Waals surface area contributed by atoms with Crippen LogP contribution in [0.1, 0.15) is 31.9 Å². The third kappa shape index (κ3) is 4.63. The minimum Gasteiger partial charge on any atom is -0.490 e. The Bertz CT molecular complexity index is 1320. The van der Waals surface area contributed by atoms with Gasteiger partial charge >= 0.3 is 0 Å². The topological polar surface area (TPSA) is 68.3 Å². The van der Waals surface area contributed by atoms with Gasteiger partial charge in [-0.25, -0.2) is 9.96 Å². The fourth-order valence-electron chi connectivity index (χ4n) is 4.74. The lowest BCUT2D eigenvalue weighted by atomic mass is 9.90. The molecule has 2 aliphatic heterocycles. The van der Waals surface area contributed by atoms with E-state index < -0.39 is 24.0 Å². The van der Waals surface area contributed by atoms with E-state index in [2.05, 4.69) is 0 Å². The van der Waals surface area contributed by atoms with Crippen LogP contribution in [0.15, 0.2) is 66.7 Å². The minimum absolute atomic E-state index is 0.254. The Hall–Kier alpha value is -3.26. The van der Waals surface area contributed by atoms with Crippen LogP contribution in [0, 0.1) is 5.92 Å². The molecule has 3 aromatic carbocycles. The zero-order valence-corrected chi connectivity index (χ0v) is 21.9. The van der Waals surface area contributed by atoms with Crippen LogP contribution in [0.5, 0.6) is 11.5 Å². The molecule has 2 fully saturated rings. The molecule has 2 aliphatic rings. The van der Waals surface area contributed by atoms with Crippen molar-refractivity contribution in [2.45, 2.75) is 32.4 Å². The Morgan fingerprint density at radius 3 is 2.32 bits per heavy atom. The van der Waals surface area contributed by atoms with Gasteiger partial charge in [-0.3, -0.25) is 14.4 Å². The summed E-state index contributed by atoms with van der Waals surface area (Å²) in [6.07, 6.45) is -0.144. The van der Waals surface area contributed by atoms with Crippen LogP contribution in [0.2, 0.25) is 10.0 Å². The Morgan fingerprint density at radius 2 is 1.62 bits per heavy atom. The molecule has 9 heteroatoms. The molecule has 0 radical (unpaired) electrons. The highest BCUT2D eigenvalue weighted by Gasteiger charge is 2.60. The van der Waals surface area contributed by atoms with E-state index in [4.69, 9.17) is 37.5 Å². The molecule has 2 amide bonds. The maximum absolute atomic E-state index is 13.8. The zero-order chi connectivity index (χ0) is 26.1. The summed E-state index contributed by atoms with van der Waals surface area (Å²) in [5.41, 5.74) is 1.85. The summed E-state index contributed by atoms with van der Waals surface area (Å²) in [7, 11) is 0. The molecule has 3 atom stereocenters. The number of imide groups is 1. The van der Waals surface area contributed by atoms with Crippen LogP contribution in [0.25, 0.3) is 0 Å². The standard InChI is InChI=1S/C28H26Cl2N2O5/c1-3-14-36-22-13-10-17(15-23(22)35-4-2)25-24-26(37-32(25)18-8-6-5-7-9-18)28(34)31(27(24)33)19-11-12-20(29)21(30)16-19/h5-13,15-16,24-26H,3-4,14H2,1-2H3/t24-,25+,26+/m0/s1. The van der Waals surface area contributed by atoms with E-state index in [1.807, 2.05) is 62.4 Å². The van der Waals surface area contributed by atoms with Gasteiger partial charge in [-0.05, 0) is 61.4 Å². The summed E-state index contributed by atoms with van der Waals surface area (Å²) in [5.74, 6) is -0.423. The van der Waals surface area contributed by atoms with E-state index in [0.717, 1.165) is 22.6 Å². The number of anilines is 2. The predicted molar refractivity (Wildman–Crippen MR) is 142 cm³/mol. The summed E-state index contributed by atoms with van der Waals surface area (Å²) >= 11 is 12.2. The van der Waals surface area contributed by atoms with Gasteiger partial charge in [0.05, 0.1) is 40.7 Å². The highest BCUT2D eigenvalue weighted by Crippen LogP contribution is 2.49. The van der Waals surface area contributed by atoms with E-state index >= 15 is 0 Å². The summed E-state index contributed by atoms with van der Waals surface area (Å²) < 4.78 is 11.7. The lowest BCUT2D eigenvalue weighted by molar-refractivity contribution is -0.126. The number of hydrogen-bond donors (Lipinski definition) is 0. The van der Waals surface area contributed by atoms with E-state index in [9.17, 15) is 9.59 Å². The summed E-state index contributed by atoms with van der Waals surface area (Å²) in [6.45, 7) is 4.93. The smallest absolute Gasteiger partial charge is 0.266 e. The SMILES string of the molecule is CCCOc1ccc([C@@H]2[C@@H]3C(=O)N(c4ccc(Cl)c(Cl)c4)C(=O)[C@@H]3ON2c2ccccc2)cc1OCC. The average molecular weight is 541 g/mol. The number of fused-ring (bicyclic) bond motifs is 1. The van der Waals surface area contributed by atoms with Gasteiger partial charge in [-0.1, -0.05) is 54.4 Å². The molecule has 2 saturated heterocycles. The number of ether oxygens (including phenoxy) is 2. The van der Waals surface area contributed by atoms with E-state index in [1.54, 1.807) is 17.2 Å². The third-order valence-electron chi connectivity index (χ3n) is 6.36. The highest BCUT2D eigenvalue weighted by molar-refractivity contribution is 6.42. The first kappa shape index (κ1) is 25.4. The number of hydroxylamine groups is 1. The van der Waals surface area contributed by atoms with Gasteiger partial charge in [-0.2, -0.15) is 0 Å². The molecular formula is C28H26Cl2N2O5. The number of hydrogen-bond acceptors (Lipinski definition) is 6. The number of rotatable bonds is 8. The molecular weight excluding hydrogens is 515 g/mol. The molecule has 0 saturated carbocycles. The molecule has 5 rings (SSSR count). The van der Waals surface area contributed by atoms with Crippen LogP contribution in [0.3, 0.4) is 0 Å². The van der Waals surface area contributed by atoms with E-state index in [-0.39, 0.29) is 10.9 Å². The van der Waals surface area contributed by atoms with Gasteiger partial charge < -0.3 is 9.47 Å². The van der Waals surface area contributed by atoms with Crippen LogP contribution < -0.4 is 19.4 Å². The second-order valence-corrected chi connectivity index (χ2v) is 9.57. The Morgan fingerprint density at radius 1 is 0.838 bits per heavy atom. The number of carbonyl (C=O) groups excluding carboxylic acids is 2. The monoisotopic (exact) mass is 540 g/mol. The van der Waals surface area contributed by atoms with E-state index in [1.165, 1.54) is 6.07 Å². The number of amides is 2. The van der Waals surface area contributed by atoms with E-state index in [0.29, 0.717) is 35.4 Å². The van der Waals surface area contributed by atoms with Crippen LogP contribution in [-0.2, 0) is 14.4 Å². The maximum Gasteiger partial charge on any atom is 0.266 e. The van der Waals surface area contributed by atoms with Crippen LogP contribution in [-0.4, -0.2) is 31.1 Å². The number of carbonyl (C=O) groups is 2. The minimum atomic E-state index is -1.00. The molecule has 192 valence electrons. The fourth-order valence-corrected chi connectivity index (χ4v) is 5.03. The Kier molecular flexibility index (Phi) is 7.29. The first-order chi connectivity index (χ1) is 17.9. The number of nitrogens with zero attached hydrogens (tertiary/aromatic N) is 2. The van der Waals surface area contributed by atoms with Gasteiger partial charge in [0, 0.05) is 0 Å². The molecule has 0 aromatic heterocycles. The largest absolute Gasteiger partial charge is 0.490 e.